The maximum atomic E-state index is 8.94. The summed E-state index contributed by atoms with van der Waals surface area (Å²) < 4.78 is 0. The fourth-order valence-corrected chi connectivity index (χ4v) is 0.855. The number of hydrogen-bond donors (Lipinski definition) is 3. The van der Waals surface area contributed by atoms with Crippen molar-refractivity contribution in [2.75, 3.05) is 32.8 Å². The Morgan fingerprint density at radius 1 is 1.31 bits per heavy atom. The molecule has 13 heavy (non-hydrogen) atoms. The first-order valence-corrected chi connectivity index (χ1v) is 4.83. The zero-order valence-corrected chi connectivity index (χ0v) is 9.03. The Bertz CT molecular complexity index is 83.7. The number of hydrogen-bond acceptors (Lipinski definition) is 4. The molecule has 4 heteroatoms. The van der Waals surface area contributed by atoms with Crippen molar-refractivity contribution in [3.63, 3.8) is 0 Å². The second-order valence-corrected chi connectivity index (χ2v) is 2.85. The van der Waals surface area contributed by atoms with Crippen molar-refractivity contribution >= 4 is 0 Å². The van der Waals surface area contributed by atoms with Gasteiger partial charge in [0, 0.05) is 13.1 Å². The fraction of sp³-hybridized carbons (Fsp3) is 1.00. The molecule has 0 radical (unpaired) electrons. The van der Waals surface area contributed by atoms with Crippen molar-refractivity contribution in [3.8, 4) is 0 Å². The van der Waals surface area contributed by atoms with E-state index in [0.717, 1.165) is 19.6 Å². The highest BCUT2D eigenvalue weighted by Gasteiger charge is 2.01. The fourth-order valence-electron chi connectivity index (χ4n) is 0.855. The molecule has 0 bridgehead atoms. The molecule has 1 atom stereocenters. The summed E-state index contributed by atoms with van der Waals surface area (Å²) in [5, 5.41) is 16.7. The molecule has 4 N–H and O–H groups in total. The van der Waals surface area contributed by atoms with Gasteiger partial charge in [-0.1, -0.05) is 13.8 Å². The van der Waals surface area contributed by atoms with Crippen LogP contribution in [0, 0.1) is 0 Å². The minimum Gasteiger partial charge on any atom is -0.395 e. The van der Waals surface area contributed by atoms with E-state index in [2.05, 4.69) is 18.7 Å². The number of nitrogens with two attached hydrogens (primary N) is 1. The number of nitrogens with zero attached hydrogens (tertiary/aromatic N) is 1. The van der Waals surface area contributed by atoms with Gasteiger partial charge in [0.15, 0.2) is 0 Å². The number of likely N-dealkylation sites (N-methyl/N-ethyl adjacent to an activating group) is 1. The Hall–Kier alpha value is -0.160. The van der Waals surface area contributed by atoms with Crippen LogP contribution in [0.25, 0.3) is 0 Å². The van der Waals surface area contributed by atoms with Crippen molar-refractivity contribution in [1.29, 1.82) is 0 Å². The molecule has 0 aromatic heterocycles. The van der Waals surface area contributed by atoms with E-state index in [9.17, 15) is 0 Å². The molecule has 0 aliphatic heterocycles. The lowest BCUT2D eigenvalue weighted by Gasteiger charge is -2.18. The van der Waals surface area contributed by atoms with Crippen molar-refractivity contribution in [2.24, 2.45) is 5.73 Å². The molecule has 0 aromatic carbocycles. The third-order valence-corrected chi connectivity index (χ3v) is 1.55. The summed E-state index contributed by atoms with van der Waals surface area (Å²) in [6.07, 6.45) is -0.190. The smallest absolute Gasteiger partial charge is 0.0639 e. The molecule has 0 saturated carbocycles. The highest BCUT2D eigenvalue weighted by Crippen LogP contribution is 1.89. The van der Waals surface area contributed by atoms with Crippen LogP contribution >= 0.6 is 0 Å². The lowest BCUT2D eigenvalue weighted by molar-refractivity contribution is 0.133. The van der Waals surface area contributed by atoms with Gasteiger partial charge in [0.25, 0.3) is 0 Å². The first-order chi connectivity index (χ1) is 6.12. The predicted molar refractivity (Wildman–Crippen MR) is 55.6 cm³/mol. The molecule has 0 heterocycles. The minimum absolute atomic E-state index is 0.0972. The average molecular weight is 192 g/mol. The van der Waals surface area contributed by atoms with Gasteiger partial charge in [-0.25, -0.2) is 0 Å². The molecular weight excluding hydrogens is 168 g/mol. The molecule has 0 aliphatic rings. The number of rotatable bonds is 5. The van der Waals surface area contributed by atoms with Crippen LogP contribution in [0.3, 0.4) is 0 Å². The van der Waals surface area contributed by atoms with E-state index in [1.165, 1.54) is 0 Å². The van der Waals surface area contributed by atoms with Gasteiger partial charge in [0.1, 0.15) is 0 Å². The Morgan fingerprint density at radius 3 is 1.77 bits per heavy atom. The van der Waals surface area contributed by atoms with E-state index >= 15 is 0 Å². The average Bonchev–Trinajstić information content (AvgIpc) is 2.14. The van der Waals surface area contributed by atoms with E-state index in [1.807, 2.05) is 6.92 Å². The van der Waals surface area contributed by atoms with Crippen LogP contribution in [-0.2, 0) is 0 Å². The van der Waals surface area contributed by atoms with Gasteiger partial charge >= 0.3 is 0 Å². The van der Waals surface area contributed by atoms with E-state index in [-0.39, 0.29) is 12.7 Å². The van der Waals surface area contributed by atoms with E-state index < -0.39 is 0 Å². The largest absolute Gasteiger partial charge is 0.395 e. The van der Waals surface area contributed by atoms with Crippen LogP contribution in [0.5, 0.6) is 0 Å². The summed E-state index contributed by atoms with van der Waals surface area (Å²) in [4.78, 5) is 2.20. The molecule has 0 saturated heterocycles. The van der Waals surface area contributed by atoms with Crippen LogP contribution in [0.1, 0.15) is 20.8 Å². The summed E-state index contributed by atoms with van der Waals surface area (Å²) in [6, 6.07) is 0. The first-order valence-electron chi connectivity index (χ1n) is 4.83. The molecule has 0 fully saturated rings. The Morgan fingerprint density at radius 2 is 1.69 bits per heavy atom. The topological polar surface area (TPSA) is 69.7 Å². The van der Waals surface area contributed by atoms with Crippen molar-refractivity contribution in [2.45, 2.75) is 26.9 Å². The molecule has 0 aliphatic carbocycles. The van der Waals surface area contributed by atoms with E-state index in [0.29, 0.717) is 6.54 Å². The maximum Gasteiger partial charge on any atom is 0.0639 e. The highest BCUT2D eigenvalue weighted by atomic mass is 16.3. The summed E-state index contributed by atoms with van der Waals surface area (Å²) in [5.41, 5.74) is 4.78. The van der Waals surface area contributed by atoms with Crippen molar-refractivity contribution < 1.29 is 10.2 Å². The monoisotopic (exact) mass is 192 g/mol. The zero-order valence-electron chi connectivity index (χ0n) is 9.03. The molecular formula is C9H24N2O2. The van der Waals surface area contributed by atoms with Gasteiger partial charge in [-0.2, -0.15) is 0 Å². The van der Waals surface area contributed by atoms with Crippen LogP contribution in [0.2, 0.25) is 0 Å². The molecule has 0 aromatic rings. The molecule has 82 valence electrons. The zero-order chi connectivity index (χ0) is 10.7. The summed E-state index contributed by atoms with van der Waals surface area (Å²) in [6.45, 7) is 9.35. The van der Waals surface area contributed by atoms with Crippen LogP contribution in [0.15, 0.2) is 0 Å². The minimum atomic E-state index is -0.190. The van der Waals surface area contributed by atoms with E-state index in [1.54, 1.807) is 0 Å². The Balaban J connectivity index is 0. The molecule has 0 spiro atoms. The molecule has 0 rings (SSSR count). The van der Waals surface area contributed by atoms with Crippen molar-refractivity contribution in [3.05, 3.63) is 0 Å². The van der Waals surface area contributed by atoms with Crippen LogP contribution < -0.4 is 5.73 Å². The summed E-state index contributed by atoms with van der Waals surface area (Å²) >= 11 is 0. The molecule has 1 unspecified atom stereocenters. The standard InChI is InChI=1S/C7H17NO.C2H7NO/c1-4-8(5-2)6-7(3)9;3-1-2-4/h7,9H,4-6H2,1-3H3;4H,1-3H2. The summed E-state index contributed by atoms with van der Waals surface area (Å²) in [5.74, 6) is 0. The highest BCUT2D eigenvalue weighted by molar-refractivity contribution is 4.55. The van der Waals surface area contributed by atoms with E-state index in [4.69, 9.17) is 15.9 Å². The third kappa shape index (κ3) is 14.7. The Kier molecular flexibility index (Phi) is 14.0. The quantitative estimate of drug-likeness (QED) is 0.557. The van der Waals surface area contributed by atoms with Crippen LogP contribution in [-0.4, -0.2) is 54.0 Å². The molecule has 4 nitrogen and oxygen atoms in total. The number of aliphatic hydroxyl groups is 2. The van der Waals surface area contributed by atoms with Gasteiger partial charge in [0.05, 0.1) is 12.7 Å². The van der Waals surface area contributed by atoms with Gasteiger partial charge in [-0.05, 0) is 20.0 Å². The normalized spacial score (nSPS) is 12.2. The SMILES string of the molecule is CCN(CC)CC(C)O.NCCO. The Labute approximate surface area is 81.4 Å². The second-order valence-electron chi connectivity index (χ2n) is 2.85. The maximum absolute atomic E-state index is 8.94. The van der Waals surface area contributed by atoms with Gasteiger partial charge in [-0.15, -0.1) is 0 Å². The third-order valence-electron chi connectivity index (χ3n) is 1.55. The molecule has 0 amide bonds. The lowest BCUT2D eigenvalue weighted by atomic mass is 10.3. The summed E-state index contributed by atoms with van der Waals surface area (Å²) in [7, 11) is 0. The first kappa shape index (κ1) is 15.3. The predicted octanol–water partition coefficient (Wildman–Crippen LogP) is -0.354. The lowest BCUT2D eigenvalue weighted by Crippen LogP contribution is -2.30. The second kappa shape index (κ2) is 11.8. The van der Waals surface area contributed by atoms with Gasteiger partial charge < -0.3 is 20.8 Å². The number of aliphatic hydroxyl groups excluding tert-OH is 2. The van der Waals surface area contributed by atoms with Gasteiger partial charge in [-0.3, -0.25) is 0 Å². The van der Waals surface area contributed by atoms with Crippen molar-refractivity contribution in [1.82, 2.24) is 4.90 Å². The van der Waals surface area contributed by atoms with Gasteiger partial charge in [0.2, 0.25) is 0 Å². The van der Waals surface area contributed by atoms with Crippen LogP contribution in [0.4, 0.5) is 0 Å².